The van der Waals surface area contributed by atoms with Gasteiger partial charge in [0.2, 0.25) is 0 Å². The van der Waals surface area contributed by atoms with Crippen LogP contribution in [0.2, 0.25) is 0 Å². The Bertz CT molecular complexity index is 423. The molecule has 1 heterocycles. The highest BCUT2D eigenvalue weighted by molar-refractivity contribution is 5.48. The first-order valence-corrected chi connectivity index (χ1v) is 5.99. The highest BCUT2D eigenvalue weighted by Gasteiger charge is 2.42. The number of hydrogen-bond donors (Lipinski definition) is 4. The van der Waals surface area contributed by atoms with Gasteiger partial charge in [0, 0.05) is 5.69 Å². The molecule has 5 nitrogen and oxygen atoms in total. The summed E-state index contributed by atoms with van der Waals surface area (Å²) in [5.41, 5.74) is 3.13. The normalized spacial score (nSPS) is 31.6. The van der Waals surface area contributed by atoms with Crippen molar-refractivity contribution in [3.63, 3.8) is 0 Å². The van der Waals surface area contributed by atoms with E-state index in [-0.39, 0.29) is 6.61 Å². The van der Waals surface area contributed by atoms with E-state index in [0.717, 1.165) is 11.3 Å². The van der Waals surface area contributed by atoms with E-state index < -0.39 is 24.5 Å². The first kappa shape index (κ1) is 13.3. The standard InChI is InChI=1S/C13H19NO4/c1-7-3-4-9(5-8(7)2)14-13-12(17)11(16)10(6-15)18-13/h3-5,10-17H,6H2,1-2H3/t10-,11-,12-,13?/m1/s1. The van der Waals surface area contributed by atoms with E-state index >= 15 is 0 Å². The zero-order chi connectivity index (χ0) is 13.3. The summed E-state index contributed by atoms with van der Waals surface area (Å²) in [5, 5.41) is 31.4. The van der Waals surface area contributed by atoms with Gasteiger partial charge >= 0.3 is 0 Å². The molecule has 0 amide bonds. The monoisotopic (exact) mass is 253 g/mol. The van der Waals surface area contributed by atoms with E-state index in [1.54, 1.807) is 0 Å². The SMILES string of the molecule is Cc1ccc(NC2O[C@H](CO)[C@@H](O)[C@H]2O)cc1C. The highest BCUT2D eigenvalue weighted by atomic mass is 16.6. The number of benzene rings is 1. The molecule has 1 aliphatic heterocycles. The number of rotatable bonds is 3. The van der Waals surface area contributed by atoms with Crippen LogP contribution >= 0.6 is 0 Å². The Morgan fingerprint density at radius 2 is 1.89 bits per heavy atom. The smallest absolute Gasteiger partial charge is 0.157 e. The number of anilines is 1. The molecular weight excluding hydrogens is 234 g/mol. The van der Waals surface area contributed by atoms with E-state index in [4.69, 9.17) is 9.84 Å². The third kappa shape index (κ3) is 2.49. The molecule has 0 aromatic heterocycles. The molecule has 0 bridgehead atoms. The fourth-order valence-corrected chi connectivity index (χ4v) is 2.01. The van der Waals surface area contributed by atoms with Crippen LogP contribution in [0.5, 0.6) is 0 Å². The molecule has 0 aliphatic carbocycles. The van der Waals surface area contributed by atoms with Crippen molar-refractivity contribution < 1.29 is 20.1 Å². The summed E-state index contributed by atoms with van der Waals surface area (Å²) in [7, 11) is 0. The Balaban J connectivity index is 2.07. The summed E-state index contributed by atoms with van der Waals surface area (Å²) in [6.07, 6.45) is -3.58. The molecule has 0 saturated carbocycles. The van der Waals surface area contributed by atoms with Crippen molar-refractivity contribution in [3.8, 4) is 0 Å². The number of aliphatic hydroxyl groups excluding tert-OH is 3. The van der Waals surface area contributed by atoms with Gasteiger partial charge in [0.1, 0.15) is 18.3 Å². The molecule has 1 saturated heterocycles. The Morgan fingerprint density at radius 1 is 1.17 bits per heavy atom. The van der Waals surface area contributed by atoms with Gasteiger partial charge < -0.3 is 25.4 Å². The molecule has 2 rings (SSSR count). The molecule has 1 aliphatic rings. The van der Waals surface area contributed by atoms with Gasteiger partial charge in [-0.25, -0.2) is 0 Å². The van der Waals surface area contributed by atoms with E-state index in [1.165, 1.54) is 5.56 Å². The van der Waals surface area contributed by atoms with Crippen molar-refractivity contribution in [2.75, 3.05) is 11.9 Å². The largest absolute Gasteiger partial charge is 0.394 e. The average molecular weight is 253 g/mol. The molecule has 5 heteroatoms. The maximum absolute atomic E-state index is 9.80. The summed E-state index contributed by atoms with van der Waals surface area (Å²) in [6.45, 7) is 3.70. The number of hydrogen-bond acceptors (Lipinski definition) is 5. The lowest BCUT2D eigenvalue weighted by Crippen LogP contribution is -2.36. The van der Waals surface area contributed by atoms with Crippen LogP contribution in [0.15, 0.2) is 18.2 Å². The van der Waals surface area contributed by atoms with Crippen molar-refractivity contribution in [1.82, 2.24) is 0 Å². The van der Waals surface area contributed by atoms with E-state index in [2.05, 4.69) is 5.32 Å². The average Bonchev–Trinajstić information content (AvgIpc) is 2.62. The number of ether oxygens (including phenoxy) is 1. The lowest BCUT2D eigenvalue weighted by molar-refractivity contribution is -0.0153. The molecule has 4 atom stereocenters. The van der Waals surface area contributed by atoms with E-state index in [1.807, 2.05) is 32.0 Å². The van der Waals surface area contributed by atoms with Gasteiger partial charge in [-0.3, -0.25) is 0 Å². The molecule has 100 valence electrons. The van der Waals surface area contributed by atoms with Crippen LogP contribution in [0.4, 0.5) is 5.69 Å². The van der Waals surface area contributed by atoms with Crippen LogP contribution in [0.25, 0.3) is 0 Å². The van der Waals surface area contributed by atoms with E-state index in [9.17, 15) is 10.2 Å². The summed E-state index contributed by atoms with van der Waals surface area (Å²) in [5.74, 6) is 0. The Morgan fingerprint density at radius 3 is 2.44 bits per heavy atom. The molecule has 1 aromatic carbocycles. The number of nitrogens with one attached hydrogen (secondary N) is 1. The summed E-state index contributed by atoms with van der Waals surface area (Å²) >= 11 is 0. The third-order valence-corrected chi connectivity index (χ3v) is 3.36. The molecule has 1 fully saturated rings. The fourth-order valence-electron chi connectivity index (χ4n) is 2.01. The lowest BCUT2D eigenvalue weighted by atomic mass is 10.1. The minimum atomic E-state index is -1.07. The van der Waals surface area contributed by atoms with Crippen LogP contribution in [0.1, 0.15) is 11.1 Å². The third-order valence-electron chi connectivity index (χ3n) is 3.36. The second kappa shape index (κ2) is 5.24. The zero-order valence-electron chi connectivity index (χ0n) is 10.5. The van der Waals surface area contributed by atoms with Crippen LogP contribution in [-0.4, -0.2) is 46.5 Å². The van der Waals surface area contributed by atoms with E-state index in [0.29, 0.717) is 0 Å². The van der Waals surface area contributed by atoms with Gasteiger partial charge in [-0.2, -0.15) is 0 Å². The van der Waals surface area contributed by atoms with Crippen molar-refractivity contribution >= 4 is 5.69 Å². The Hall–Kier alpha value is -1.14. The summed E-state index contributed by atoms with van der Waals surface area (Å²) < 4.78 is 5.35. The lowest BCUT2D eigenvalue weighted by Gasteiger charge is -2.18. The topological polar surface area (TPSA) is 82.0 Å². The molecular formula is C13H19NO4. The second-order valence-corrected chi connectivity index (χ2v) is 4.70. The quantitative estimate of drug-likeness (QED) is 0.616. The molecule has 4 N–H and O–H groups in total. The van der Waals surface area contributed by atoms with Crippen LogP contribution in [0, 0.1) is 13.8 Å². The van der Waals surface area contributed by atoms with Gasteiger partial charge in [-0.15, -0.1) is 0 Å². The summed E-state index contributed by atoms with van der Waals surface area (Å²) in [6, 6.07) is 5.81. The molecule has 1 aromatic rings. The van der Waals surface area contributed by atoms with Crippen molar-refractivity contribution in [1.29, 1.82) is 0 Å². The van der Waals surface area contributed by atoms with Gasteiger partial charge in [-0.1, -0.05) is 6.07 Å². The van der Waals surface area contributed by atoms with Gasteiger partial charge in [0.05, 0.1) is 6.61 Å². The predicted octanol–water partition coefficient (Wildman–Crippen LogP) is 0.154. The maximum atomic E-state index is 9.80. The minimum absolute atomic E-state index is 0.316. The first-order valence-electron chi connectivity index (χ1n) is 5.99. The van der Waals surface area contributed by atoms with Crippen molar-refractivity contribution in [2.24, 2.45) is 0 Å². The van der Waals surface area contributed by atoms with Gasteiger partial charge in [0.25, 0.3) is 0 Å². The minimum Gasteiger partial charge on any atom is -0.394 e. The fraction of sp³-hybridized carbons (Fsp3) is 0.538. The molecule has 18 heavy (non-hydrogen) atoms. The van der Waals surface area contributed by atoms with Crippen molar-refractivity contribution in [3.05, 3.63) is 29.3 Å². The van der Waals surface area contributed by atoms with Crippen molar-refractivity contribution in [2.45, 2.75) is 38.4 Å². The predicted molar refractivity (Wildman–Crippen MR) is 67.3 cm³/mol. The highest BCUT2D eigenvalue weighted by Crippen LogP contribution is 2.23. The first-order chi connectivity index (χ1) is 8.52. The second-order valence-electron chi connectivity index (χ2n) is 4.70. The maximum Gasteiger partial charge on any atom is 0.157 e. The summed E-state index contributed by atoms with van der Waals surface area (Å²) in [4.78, 5) is 0. The Labute approximate surface area is 106 Å². The number of aliphatic hydroxyl groups is 3. The molecule has 0 radical (unpaired) electrons. The van der Waals surface area contributed by atoms with Gasteiger partial charge in [-0.05, 0) is 37.1 Å². The molecule has 1 unspecified atom stereocenters. The van der Waals surface area contributed by atoms with Crippen LogP contribution in [0.3, 0.4) is 0 Å². The van der Waals surface area contributed by atoms with Crippen LogP contribution in [-0.2, 0) is 4.74 Å². The molecule has 0 spiro atoms. The number of aryl methyl sites for hydroxylation is 2. The van der Waals surface area contributed by atoms with Crippen LogP contribution < -0.4 is 5.32 Å². The zero-order valence-corrected chi connectivity index (χ0v) is 10.5. The Kier molecular flexibility index (Phi) is 3.87. The van der Waals surface area contributed by atoms with Gasteiger partial charge in [0.15, 0.2) is 6.23 Å².